The summed E-state index contributed by atoms with van der Waals surface area (Å²) in [5.41, 5.74) is 4.17. The van der Waals surface area contributed by atoms with Crippen LogP contribution in [0.25, 0.3) is 0 Å². The predicted molar refractivity (Wildman–Crippen MR) is 73.9 cm³/mol. The van der Waals surface area contributed by atoms with Crippen molar-refractivity contribution in [1.29, 1.82) is 0 Å². The highest BCUT2D eigenvalue weighted by Crippen LogP contribution is 2.23. The van der Waals surface area contributed by atoms with E-state index < -0.39 is 0 Å². The lowest BCUT2D eigenvalue weighted by atomic mass is 10.0. The van der Waals surface area contributed by atoms with E-state index in [0.717, 1.165) is 32.7 Å². The largest absolute Gasteiger partial charge is 0.384 e. The van der Waals surface area contributed by atoms with Gasteiger partial charge in [0.25, 0.3) is 0 Å². The van der Waals surface area contributed by atoms with Gasteiger partial charge in [0.1, 0.15) is 0 Å². The lowest BCUT2D eigenvalue weighted by molar-refractivity contribution is 0.105. The van der Waals surface area contributed by atoms with Crippen LogP contribution in [0.5, 0.6) is 0 Å². The molecule has 3 heteroatoms. The molecule has 2 aliphatic heterocycles. The molecule has 0 amide bonds. The fraction of sp³-hybridized carbons (Fsp3) is 0.600. The number of fused-ring (bicyclic) bond motifs is 1. The Morgan fingerprint density at radius 1 is 1.44 bits per heavy atom. The first-order chi connectivity index (χ1) is 8.83. The Labute approximate surface area is 109 Å². The summed E-state index contributed by atoms with van der Waals surface area (Å²) >= 11 is 0. The Balaban J connectivity index is 1.51. The number of rotatable bonds is 4. The zero-order valence-electron chi connectivity index (χ0n) is 11.0. The highest BCUT2D eigenvalue weighted by molar-refractivity contribution is 5.56. The summed E-state index contributed by atoms with van der Waals surface area (Å²) < 4.78 is 5.58. The molecule has 0 aliphatic carbocycles. The van der Waals surface area contributed by atoms with E-state index in [4.69, 9.17) is 4.74 Å². The zero-order chi connectivity index (χ0) is 12.4. The molecule has 18 heavy (non-hydrogen) atoms. The second kappa shape index (κ2) is 5.29. The minimum atomic E-state index is 0.418. The lowest BCUT2D eigenvalue weighted by Crippen LogP contribution is -2.26. The number of anilines is 1. The van der Waals surface area contributed by atoms with Crippen molar-refractivity contribution in [2.24, 2.45) is 5.92 Å². The van der Waals surface area contributed by atoms with E-state index in [1.54, 1.807) is 0 Å². The molecule has 98 valence electrons. The standard InChI is InChI=1S/C15H22N2O/c1-11-14(5-7-18-11)10-16-9-12-2-3-15-13(8-12)4-6-17-15/h2-3,8,11,14,16-17H,4-7,9-10H2,1H3. The molecule has 0 radical (unpaired) electrons. The van der Waals surface area contributed by atoms with Crippen molar-refractivity contribution in [2.45, 2.75) is 32.4 Å². The Kier molecular flexibility index (Phi) is 3.52. The first-order valence-electron chi connectivity index (χ1n) is 7.01. The molecular formula is C15H22N2O. The Hall–Kier alpha value is -1.06. The van der Waals surface area contributed by atoms with Crippen LogP contribution in [-0.2, 0) is 17.7 Å². The monoisotopic (exact) mass is 246 g/mol. The molecule has 1 aromatic carbocycles. The van der Waals surface area contributed by atoms with Gasteiger partial charge in [-0.1, -0.05) is 12.1 Å². The maximum Gasteiger partial charge on any atom is 0.0588 e. The smallest absolute Gasteiger partial charge is 0.0588 e. The average Bonchev–Trinajstić information content (AvgIpc) is 2.98. The molecule has 2 heterocycles. The summed E-state index contributed by atoms with van der Waals surface area (Å²) in [7, 11) is 0. The Bertz CT molecular complexity index is 419. The van der Waals surface area contributed by atoms with E-state index in [0.29, 0.717) is 12.0 Å². The van der Waals surface area contributed by atoms with Crippen LogP contribution in [-0.4, -0.2) is 25.8 Å². The van der Waals surface area contributed by atoms with Crippen LogP contribution in [0.2, 0.25) is 0 Å². The van der Waals surface area contributed by atoms with Gasteiger partial charge in [-0.15, -0.1) is 0 Å². The van der Waals surface area contributed by atoms with Crippen LogP contribution < -0.4 is 10.6 Å². The van der Waals surface area contributed by atoms with Gasteiger partial charge in [0.2, 0.25) is 0 Å². The lowest BCUT2D eigenvalue weighted by Gasteiger charge is -2.15. The maximum absolute atomic E-state index is 5.58. The first kappa shape index (κ1) is 12.0. The van der Waals surface area contributed by atoms with Crippen LogP contribution in [0, 0.1) is 5.92 Å². The molecule has 3 nitrogen and oxygen atoms in total. The van der Waals surface area contributed by atoms with Crippen molar-refractivity contribution in [2.75, 3.05) is 25.0 Å². The molecule has 2 atom stereocenters. The summed E-state index contributed by atoms with van der Waals surface area (Å²) in [6.45, 7) is 6.23. The highest BCUT2D eigenvalue weighted by atomic mass is 16.5. The van der Waals surface area contributed by atoms with Crippen molar-refractivity contribution in [1.82, 2.24) is 5.32 Å². The highest BCUT2D eigenvalue weighted by Gasteiger charge is 2.23. The molecule has 0 spiro atoms. The third kappa shape index (κ3) is 2.52. The molecule has 2 unspecified atom stereocenters. The van der Waals surface area contributed by atoms with Crippen LogP contribution >= 0.6 is 0 Å². The predicted octanol–water partition coefficient (Wildman–Crippen LogP) is 2.17. The van der Waals surface area contributed by atoms with Crippen molar-refractivity contribution >= 4 is 5.69 Å². The summed E-state index contributed by atoms with van der Waals surface area (Å²) in [4.78, 5) is 0. The fourth-order valence-electron chi connectivity index (χ4n) is 2.91. The summed E-state index contributed by atoms with van der Waals surface area (Å²) in [5, 5.41) is 6.96. The van der Waals surface area contributed by atoms with Crippen molar-refractivity contribution in [3.63, 3.8) is 0 Å². The van der Waals surface area contributed by atoms with Gasteiger partial charge in [-0.2, -0.15) is 0 Å². The second-order valence-electron chi connectivity index (χ2n) is 5.42. The number of benzene rings is 1. The van der Waals surface area contributed by atoms with Crippen LogP contribution in [0.3, 0.4) is 0 Å². The molecule has 3 rings (SSSR count). The first-order valence-corrected chi connectivity index (χ1v) is 7.01. The summed E-state index contributed by atoms with van der Waals surface area (Å²) in [5.74, 6) is 0.682. The molecule has 1 saturated heterocycles. The minimum Gasteiger partial charge on any atom is -0.384 e. The number of ether oxygens (including phenoxy) is 1. The van der Waals surface area contributed by atoms with E-state index in [-0.39, 0.29) is 0 Å². The second-order valence-corrected chi connectivity index (χ2v) is 5.42. The third-order valence-corrected chi connectivity index (χ3v) is 4.15. The van der Waals surface area contributed by atoms with Gasteiger partial charge in [-0.25, -0.2) is 0 Å². The fourth-order valence-corrected chi connectivity index (χ4v) is 2.91. The van der Waals surface area contributed by atoms with Gasteiger partial charge in [0.15, 0.2) is 0 Å². The molecule has 1 aromatic rings. The maximum atomic E-state index is 5.58. The molecule has 2 aliphatic rings. The van der Waals surface area contributed by atoms with Crippen LogP contribution in [0.15, 0.2) is 18.2 Å². The molecular weight excluding hydrogens is 224 g/mol. The number of hydrogen-bond donors (Lipinski definition) is 2. The zero-order valence-corrected chi connectivity index (χ0v) is 11.0. The Morgan fingerprint density at radius 2 is 2.39 bits per heavy atom. The van der Waals surface area contributed by atoms with Gasteiger partial charge in [0.05, 0.1) is 6.10 Å². The molecule has 0 aromatic heterocycles. The van der Waals surface area contributed by atoms with E-state index in [1.807, 2.05) is 0 Å². The number of nitrogens with one attached hydrogen (secondary N) is 2. The van der Waals surface area contributed by atoms with E-state index in [2.05, 4.69) is 35.8 Å². The van der Waals surface area contributed by atoms with E-state index >= 15 is 0 Å². The third-order valence-electron chi connectivity index (χ3n) is 4.15. The SMILES string of the molecule is CC1OCCC1CNCc1ccc2c(c1)CCN2. The van der Waals surface area contributed by atoms with Crippen LogP contribution in [0.1, 0.15) is 24.5 Å². The van der Waals surface area contributed by atoms with E-state index in [1.165, 1.54) is 23.2 Å². The van der Waals surface area contributed by atoms with Gasteiger partial charge in [-0.05, 0) is 42.9 Å². The summed E-state index contributed by atoms with van der Waals surface area (Å²) in [6.07, 6.45) is 2.78. The van der Waals surface area contributed by atoms with Gasteiger partial charge >= 0.3 is 0 Å². The van der Waals surface area contributed by atoms with Crippen molar-refractivity contribution in [3.05, 3.63) is 29.3 Å². The molecule has 2 N–H and O–H groups in total. The molecule has 0 bridgehead atoms. The minimum absolute atomic E-state index is 0.418. The van der Waals surface area contributed by atoms with Gasteiger partial charge in [0, 0.05) is 31.9 Å². The van der Waals surface area contributed by atoms with Gasteiger partial charge < -0.3 is 15.4 Å². The normalized spacial score (nSPS) is 26.1. The molecule has 0 saturated carbocycles. The molecule has 1 fully saturated rings. The Morgan fingerprint density at radius 3 is 3.22 bits per heavy atom. The topological polar surface area (TPSA) is 33.3 Å². The quantitative estimate of drug-likeness (QED) is 0.854. The van der Waals surface area contributed by atoms with Crippen LogP contribution in [0.4, 0.5) is 5.69 Å². The summed E-state index contributed by atoms with van der Waals surface area (Å²) in [6, 6.07) is 6.76. The van der Waals surface area contributed by atoms with Gasteiger partial charge in [-0.3, -0.25) is 0 Å². The van der Waals surface area contributed by atoms with Crippen molar-refractivity contribution in [3.8, 4) is 0 Å². The number of hydrogen-bond acceptors (Lipinski definition) is 3. The van der Waals surface area contributed by atoms with E-state index in [9.17, 15) is 0 Å². The average molecular weight is 246 g/mol. The van der Waals surface area contributed by atoms with Crippen molar-refractivity contribution < 1.29 is 4.74 Å².